The maximum atomic E-state index is 12.1. The van der Waals surface area contributed by atoms with Gasteiger partial charge in [-0.3, -0.25) is 14.9 Å². The van der Waals surface area contributed by atoms with Crippen LogP contribution in [0.25, 0.3) is 0 Å². The third-order valence-electron chi connectivity index (χ3n) is 5.84. The van der Waals surface area contributed by atoms with Crippen LogP contribution in [0.5, 0.6) is 0 Å². The monoisotopic (exact) mass is 564 g/mol. The van der Waals surface area contributed by atoms with Crippen molar-refractivity contribution in [2.45, 2.75) is 32.6 Å². The summed E-state index contributed by atoms with van der Waals surface area (Å²) >= 11 is 0. The molecule has 0 spiro atoms. The Morgan fingerprint density at radius 2 is 2.00 bits per heavy atom. The van der Waals surface area contributed by atoms with Gasteiger partial charge in [0.2, 0.25) is 21.9 Å². The second-order valence-electron chi connectivity index (χ2n) is 9.32. The lowest BCUT2D eigenvalue weighted by Crippen LogP contribution is -2.48. The molecule has 4 rings (SSSR count). The number of anilines is 4. The van der Waals surface area contributed by atoms with E-state index in [4.69, 9.17) is 0 Å². The number of hydrogen-bond donors (Lipinski definition) is 5. The number of amides is 1. The highest BCUT2D eigenvalue weighted by molar-refractivity contribution is 8.25. The van der Waals surface area contributed by atoms with Gasteiger partial charge in [0.1, 0.15) is 11.6 Å². The Morgan fingerprint density at radius 3 is 2.66 bits per heavy atom. The van der Waals surface area contributed by atoms with Gasteiger partial charge < -0.3 is 20.6 Å². The van der Waals surface area contributed by atoms with Crippen LogP contribution in [0.1, 0.15) is 26.3 Å². The van der Waals surface area contributed by atoms with Gasteiger partial charge in [0.15, 0.2) is 0 Å². The normalized spacial score (nSPS) is 20.1. The third-order valence-corrected chi connectivity index (χ3v) is 9.40. The molecule has 2 aromatic rings. The predicted octanol–water partition coefficient (Wildman–Crippen LogP) is 2.12. The molecule has 2 unspecified atom stereocenters. The summed E-state index contributed by atoms with van der Waals surface area (Å²) in [4.78, 5) is 34.6. The SMILES string of the molecule is CC1C=S(C(=O)O)N(Nc2nc(NCc3ccc(NS(=O)(=O)C(C)C)cc3)cc(N3CCNC(=O)C3)n2)C1. The summed E-state index contributed by atoms with van der Waals surface area (Å²) in [6.07, 6.45) is 0. The first kappa shape index (κ1) is 27.6. The quantitative estimate of drug-likeness (QED) is 0.283. The summed E-state index contributed by atoms with van der Waals surface area (Å²) in [7, 11) is -4.56. The fourth-order valence-electron chi connectivity index (χ4n) is 3.77. The standard InChI is InChI=1S/C23H32N8O5S2/c1-15(2)38(35,36)29-18-6-4-17(5-7-18)11-25-19-10-20(30-9-8-24-21(32)13-30)27-22(26-19)28-31-12-16(3)14-37(31)23(33)34/h4-7,10,14-16,29H,8-9,11-13H2,1-3H3,(H,24,32)(H,33,34)(H2,25,26,27,28). The van der Waals surface area contributed by atoms with E-state index in [1.165, 1.54) is 0 Å². The number of carbonyl (C=O) groups is 2. The number of rotatable bonds is 9. The van der Waals surface area contributed by atoms with E-state index in [0.717, 1.165) is 5.56 Å². The van der Waals surface area contributed by atoms with Crippen molar-refractivity contribution >= 4 is 60.5 Å². The molecule has 0 saturated carbocycles. The Balaban J connectivity index is 1.52. The number of sulfonamides is 1. The minimum absolute atomic E-state index is 0.0847. The molecule has 2 aliphatic rings. The Bertz CT molecular complexity index is 1330. The van der Waals surface area contributed by atoms with Crippen LogP contribution in [-0.4, -0.2) is 75.9 Å². The van der Waals surface area contributed by atoms with Crippen molar-refractivity contribution in [1.82, 2.24) is 19.7 Å². The van der Waals surface area contributed by atoms with Gasteiger partial charge in [0, 0.05) is 48.6 Å². The summed E-state index contributed by atoms with van der Waals surface area (Å²) < 4.78 is 28.4. The first-order valence-corrected chi connectivity index (χ1v) is 14.9. The molecule has 0 radical (unpaired) electrons. The Hall–Kier alpha value is -3.43. The molecular weight excluding hydrogens is 532 g/mol. The van der Waals surface area contributed by atoms with Crippen LogP contribution in [0.4, 0.5) is 28.1 Å². The van der Waals surface area contributed by atoms with E-state index in [2.05, 4.69) is 30.7 Å². The molecule has 1 saturated heterocycles. The fraction of sp³-hybridized carbons (Fsp3) is 0.435. The van der Waals surface area contributed by atoms with Crippen molar-refractivity contribution in [3.8, 4) is 0 Å². The number of piperazine rings is 1. The van der Waals surface area contributed by atoms with Gasteiger partial charge in [-0.25, -0.2) is 13.2 Å². The largest absolute Gasteiger partial charge is 0.473 e. The lowest BCUT2D eigenvalue weighted by Gasteiger charge is -2.28. The topological polar surface area (TPSA) is 169 Å². The van der Waals surface area contributed by atoms with E-state index in [1.54, 1.807) is 54.0 Å². The second kappa shape index (κ2) is 11.5. The molecule has 3 heterocycles. The molecule has 0 aliphatic carbocycles. The average molecular weight is 565 g/mol. The number of hydrazine groups is 1. The van der Waals surface area contributed by atoms with E-state index in [1.807, 2.05) is 11.8 Å². The Labute approximate surface area is 224 Å². The second-order valence-corrected chi connectivity index (χ2v) is 13.2. The number of carboxylic acid groups (broad SMARTS) is 1. The van der Waals surface area contributed by atoms with Crippen molar-refractivity contribution in [3.05, 3.63) is 35.9 Å². The lowest BCUT2D eigenvalue weighted by atomic mass is 10.2. The van der Waals surface area contributed by atoms with Gasteiger partial charge in [-0.05, 0) is 42.8 Å². The Morgan fingerprint density at radius 1 is 1.26 bits per heavy atom. The van der Waals surface area contributed by atoms with Gasteiger partial charge in [-0.1, -0.05) is 19.1 Å². The van der Waals surface area contributed by atoms with Crippen molar-refractivity contribution in [1.29, 1.82) is 0 Å². The number of nitrogens with one attached hydrogen (secondary N) is 4. The summed E-state index contributed by atoms with van der Waals surface area (Å²) in [6, 6.07) is 8.74. The fourth-order valence-corrected chi connectivity index (χ4v) is 6.03. The number of benzene rings is 1. The number of aromatic nitrogens is 2. The van der Waals surface area contributed by atoms with Crippen LogP contribution in [0.2, 0.25) is 0 Å². The van der Waals surface area contributed by atoms with Crippen LogP contribution in [0.15, 0.2) is 30.3 Å². The summed E-state index contributed by atoms with van der Waals surface area (Å²) in [6.45, 7) is 7.26. The van der Waals surface area contributed by atoms with E-state index in [-0.39, 0.29) is 24.3 Å². The molecule has 1 fully saturated rings. The lowest BCUT2D eigenvalue weighted by molar-refractivity contribution is -0.120. The molecule has 13 nitrogen and oxygen atoms in total. The van der Waals surface area contributed by atoms with Crippen molar-refractivity contribution in [3.63, 3.8) is 0 Å². The molecule has 5 N–H and O–H groups in total. The molecule has 1 aromatic carbocycles. The molecule has 2 aliphatic heterocycles. The molecule has 2 atom stereocenters. The smallest absolute Gasteiger partial charge is 0.374 e. The summed E-state index contributed by atoms with van der Waals surface area (Å²) in [5.74, 6) is 1.21. The number of carbonyl (C=O) groups excluding carboxylic acids is 1. The summed E-state index contributed by atoms with van der Waals surface area (Å²) in [5, 5.41) is 15.9. The first-order chi connectivity index (χ1) is 18.0. The van der Waals surface area contributed by atoms with Gasteiger partial charge in [-0.15, -0.1) is 0 Å². The highest BCUT2D eigenvalue weighted by Crippen LogP contribution is 2.30. The van der Waals surface area contributed by atoms with E-state index >= 15 is 0 Å². The maximum absolute atomic E-state index is 12.1. The van der Waals surface area contributed by atoms with Gasteiger partial charge >= 0.3 is 5.30 Å². The van der Waals surface area contributed by atoms with Gasteiger partial charge in [0.25, 0.3) is 0 Å². The highest BCUT2D eigenvalue weighted by Gasteiger charge is 2.27. The zero-order chi connectivity index (χ0) is 27.4. The first-order valence-electron chi connectivity index (χ1n) is 12.1. The molecule has 15 heteroatoms. The van der Waals surface area contributed by atoms with Crippen LogP contribution in [0, 0.1) is 5.92 Å². The minimum atomic E-state index is -3.43. The van der Waals surface area contributed by atoms with Crippen LogP contribution in [0.3, 0.4) is 0 Å². The zero-order valence-electron chi connectivity index (χ0n) is 21.3. The van der Waals surface area contributed by atoms with E-state index in [9.17, 15) is 23.1 Å². The Kier molecular flexibility index (Phi) is 8.38. The van der Waals surface area contributed by atoms with Crippen molar-refractivity contribution in [2.75, 3.05) is 46.5 Å². The van der Waals surface area contributed by atoms with Crippen molar-refractivity contribution in [2.24, 2.45) is 5.92 Å². The van der Waals surface area contributed by atoms with Gasteiger partial charge in [-0.2, -0.15) is 14.4 Å². The number of hydrogen-bond acceptors (Lipinski definition) is 10. The maximum Gasteiger partial charge on any atom is 0.374 e. The summed E-state index contributed by atoms with van der Waals surface area (Å²) in [5.41, 5.74) is 4.42. The zero-order valence-corrected chi connectivity index (χ0v) is 23.0. The molecule has 1 aromatic heterocycles. The molecular formula is C23H32N8O5S2. The number of nitrogens with zero attached hydrogens (tertiary/aromatic N) is 4. The van der Waals surface area contributed by atoms with Gasteiger partial charge in [0.05, 0.1) is 11.8 Å². The molecule has 1 amide bonds. The van der Waals surface area contributed by atoms with Crippen LogP contribution in [-0.2, 0) is 21.4 Å². The third kappa shape index (κ3) is 6.90. The van der Waals surface area contributed by atoms with Crippen LogP contribution < -0.4 is 25.7 Å². The van der Waals surface area contributed by atoms with Crippen LogP contribution >= 0.6 is 10.7 Å². The molecule has 0 bridgehead atoms. The van der Waals surface area contributed by atoms with E-state index in [0.29, 0.717) is 43.5 Å². The predicted molar refractivity (Wildman–Crippen MR) is 150 cm³/mol. The molecule has 38 heavy (non-hydrogen) atoms. The highest BCUT2D eigenvalue weighted by atomic mass is 32.2. The van der Waals surface area contributed by atoms with Crippen molar-refractivity contribution < 1.29 is 23.1 Å². The molecule has 206 valence electrons. The minimum Gasteiger partial charge on any atom is -0.473 e. The average Bonchev–Trinajstić information content (AvgIpc) is 3.23. The van der Waals surface area contributed by atoms with E-state index < -0.39 is 31.2 Å².